The zero-order valence-corrected chi connectivity index (χ0v) is 17.8. The number of hydrogen-bond donors (Lipinski definition) is 0. The van der Waals surface area contributed by atoms with Crippen molar-refractivity contribution in [1.29, 1.82) is 0 Å². The van der Waals surface area contributed by atoms with Crippen LogP contribution in [-0.4, -0.2) is 54.7 Å². The molecule has 29 heavy (non-hydrogen) atoms. The summed E-state index contributed by atoms with van der Waals surface area (Å²) >= 11 is 0. The minimum atomic E-state index is -0.343. The summed E-state index contributed by atoms with van der Waals surface area (Å²) in [7, 11) is 1.85. The first kappa shape index (κ1) is 20.8. The minimum Gasteiger partial charge on any atom is -0.368 e. The first-order valence-corrected chi connectivity index (χ1v) is 10.2. The van der Waals surface area contributed by atoms with Crippen molar-refractivity contribution in [3.05, 3.63) is 45.8 Å². The van der Waals surface area contributed by atoms with Gasteiger partial charge in [0.15, 0.2) is 0 Å². The van der Waals surface area contributed by atoms with Crippen molar-refractivity contribution < 1.29 is 4.92 Å². The summed E-state index contributed by atoms with van der Waals surface area (Å²) in [5, 5.41) is 11.9. The number of unbranched alkanes of at least 4 members (excludes halogenated alkanes) is 1. The molecule has 1 aliphatic rings. The molecule has 0 aliphatic carbocycles. The molecule has 1 saturated heterocycles. The van der Waals surface area contributed by atoms with Gasteiger partial charge in [0.1, 0.15) is 6.33 Å². The van der Waals surface area contributed by atoms with E-state index in [4.69, 9.17) is 0 Å². The number of anilines is 3. The van der Waals surface area contributed by atoms with Gasteiger partial charge in [0, 0.05) is 45.5 Å². The standard InChI is InChI=1S/C21H30N6O2/c1-5-6-10-24(4)20-19(27(28)29)21(23-15-22-20)26-13-11-25(12-14-26)18-9-7-8-16(2)17(18)3/h7-9,15H,5-6,10-14H2,1-4H3. The van der Waals surface area contributed by atoms with Gasteiger partial charge >= 0.3 is 5.69 Å². The van der Waals surface area contributed by atoms with Gasteiger partial charge in [-0.2, -0.15) is 0 Å². The molecule has 156 valence electrons. The maximum absolute atomic E-state index is 11.9. The number of nitrogens with zero attached hydrogens (tertiary/aromatic N) is 6. The Labute approximate surface area is 172 Å². The van der Waals surface area contributed by atoms with Crippen molar-refractivity contribution in [2.75, 3.05) is 54.5 Å². The van der Waals surface area contributed by atoms with Crippen LogP contribution in [0.5, 0.6) is 0 Å². The predicted octanol–water partition coefficient (Wildman–Crippen LogP) is 3.56. The molecule has 1 aromatic heterocycles. The highest BCUT2D eigenvalue weighted by molar-refractivity contribution is 5.71. The van der Waals surface area contributed by atoms with Crippen LogP contribution in [0.4, 0.5) is 23.0 Å². The fourth-order valence-electron chi connectivity index (χ4n) is 3.77. The van der Waals surface area contributed by atoms with E-state index in [1.807, 2.05) is 16.8 Å². The van der Waals surface area contributed by atoms with Crippen LogP contribution in [0, 0.1) is 24.0 Å². The first-order valence-electron chi connectivity index (χ1n) is 10.2. The third-order valence-corrected chi connectivity index (χ3v) is 5.67. The average Bonchev–Trinajstić information content (AvgIpc) is 2.73. The van der Waals surface area contributed by atoms with Crippen LogP contribution < -0.4 is 14.7 Å². The predicted molar refractivity (Wildman–Crippen MR) is 117 cm³/mol. The van der Waals surface area contributed by atoms with Gasteiger partial charge in [0.2, 0.25) is 11.6 Å². The van der Waals surface area contributed by atoms with Gasteiger partial charge in [-0.05, 0) is 37.5 Å². The summed E-state index contributed by atoms with van der Waals surface area (Å²) in [5.41, 5.74) is 3.80. The van der Waals surface area contributed by atoms with Gasteiger partial charge in [0.25, 0.3) is 0 Å². The Morgan fingerprint density at radius 1 is 1.14 bits per heavy atom. The van der Waals surface area contributed by atoms with Crippen molar-refractivity contribution in [3.63, 3.8) is 0 Å². The second kappa shape index (κ2) is 9.07. The fourth-order valence-corrected chi connectivity index (χ4v) is 3.77. The van der Waals surface area contributed by atoms with E-state index in [-0.39, 0.29) is 10.6 Å². The number of benzene rings is 1. The maximum atomic E-state index is 11.9. The molecule has 0 amide bonds. The molecule has 0 radical (unpaired) electrons. The fraction of sp³-hybridized carbons (Fsp3) is 0.524. The Kier molecular flexibility index (Phi) is 6.51. The third-order valence-electron chi connectivity index (χ3n) is 5.67. The summed E-state index contributed by atoms with van der Waals surface area (Å²) in [4.78, 5) is 26.3. The third kappa shape index (κ3) is 4.41. The lowest BCUT2D eigenvalue weighted by molar-refractivity contribution is -0.383. The Morgan fingerprint density at radius 3 is 2.48 bits per heavy atom. The topological polar surface area (TPSA) is 78.6 Å². The number of aromatic nitrogens is 2. The molecule has 1 fully saturated rings. The van der Waals surface area contributed by atoms with E-state index in [0.717, 1.165) is 32.5 Å². The van der Waals surface area contributed by atoms with Crippen LogP contribution in [0.2, 0.25) is 0 Å². The van der Waals surface area contributed by atoms with Gasteiger partial charge < -0.3 is 14.7 Å². The van der Waals surface area contributed by atoms with E-state index in [1.165, 1.54) is 23.1 Å². The van der Waals surface area contributed by atoms with E-state index >= 15 is 0 Å². The SMILES string of the molecule is CCCCN(C)c1ncnc(N2CCN(c3cccc(C)c3C)CC2)c1[N+](=O)[O-]. The van der Waals surface area contributed by atoms with Crippen LogP contribution in [-0.2, 0) is 0 Å². The summed E-state index contributed by atoms with van der Waals surface area (Å²) in [6.07, 6.45) is 3.43. The lowest BCUT2D eigenvalue weighted by Gasteiger charge is -2.37. The molecule has 1 aromatic carbocycles. The molecular formula is C21H30N6O2. The summed E-state index contributed by atoms with van der Waals surface area (Å²) in [6, 6.07) is 6.35. The number of aryl methyl sites for hydroxylation is 1. The number of rotatable bonds is 7. The summed E-state index contributed by atoms with van der Waals surface area (Å²) in [5.74, 6) is 0.814. The molecule has 1 aliphatic heterocycles. The molecule has 0 N–H and O–H groups in total. The van der Waals surface area contributed by atoms with E-state index in [9.17, 15) is 10.1 Å². The first-order chi connectivity index (χ1) is 13.9. The zero-order valence-electron chi connectivity index (χ0n) is 17.8. The lowest BCUT2D eigenvalue weighted by Crippen LogP contribution is -2.47. The number of piperazine rings is 1. The molecule has 0 spiro atoms. The quantitative estimate of drug-likeness (QED) is 0.521. The van der Waals surface area contributed by atoms with E-state index in [0.29, 0.717) is 24.7 Å². The van der Waals surface area contributed by atoms with Crippen molar-refractivity contribution in [2.24, 2.45) is 0 Å². The molecule has 8 heteroatoms. The van der Waals surface area contributed by atoms with Crippen LogP contribution in [0.25, 0.3) is 0 Å². The Morgan fingerprint density at radius 2 is 1.83 bits per heavy atom. The van der Waals surface area contributed by atoms with Gasteiger partial charge in [-0.25, -0.2) is 9.97 Å². The molecule has 2 aromatic rings. The van der Waals surface area contributed by atoms with Gasteiger partial charge in [-0.1, -0.05) is 25.5 Å². The molecule has 0 unspecified atom stereocenters. The second-order valence-electron chi connectivity index (χ2n) is 7.59. The van der Waals surface area contributed by atoms with E-state index < -0.39 is 0 Å². The monoisotopic (exact) mass is 398 g/mol. The van der Waals surface area contributed by atoms with Gasteiger partial charge in [-0.3, -0.25) is 10.1 Å². The lowest BCUT2D eigenvalue weighted by atomic mass is 10.1. The van der Waals surface area contributed by atoms with Crippen molar-refractivity contribution in [2.45, 2.75) is 33.6 Å². The zero-order chi connectivity index (χ0) is 21.0. The highest BCUT2D eigenvalue weighted by atomic mass is 16.6. The van der Waals surface area contributed by atoms with Crippen molar-refractivity contribution >= 4 is 23.0 Å². The highest BCUT2D eigenvalue weighted by Gasteiger charge is 2.30. The van der Waals surface area contributed by atoms with Gasteiger partial charge in [-0.15, -0.1) is 0 Å². The second-order valence-corrected chi connectivity index (χ2v) is 7.59. The normalized spacial score (nSPS) is 14.2. The smallest absolute Gasteiger partial charge is 0.353 e. The average molecular weight is 399 g/mol. The summed E-state index contributed by atoms with van der Waals surface area (Å²) < 4.78 is 0. The number of nitro groups is 1. The van der Waals surface area contributed by atoms with Gasteiger partial charge in [0.05, 0.1) is 4.92 Å². The molecular weight excluding hydrogens is 368 g/mol. The molecule has 2 heterocycles. The molecule has 0 saturated carbocycles. The molecule has 3 rings (SSSR count). The maximum Gasteiger partial charge on any atom is 0.353 e. The Balaban J connectivity index is 1.81. The van der Waals surface area contributed by atoms with E-state index in [1.54, 1.807) is 0 Å². The Hall–Kier alpha value is -2.90. The largest absolute Gasteiger partial charge is 0.368 e. The molecule has 0 atom stereocenters. The van der Waals surface area contributed by atoms with Crippen molar-refractivity contribution in [3.8, 4) is 0 Å². The number of hydrogen-bond acceptors (Lipinski definition) is 7. The minimum absolute atomic E-state index is 0.00582. The van der Waals surface area contributed by atoms with Crippen LogP contribution in [0.15, 0.2) is 24.5 Å². The highest BCUT2D eigenvalue weighted by Crippen LogP contribution is 2.34. The molecule has 8 nitrogen and oxygen atoms in total. The summed E-state index contributed by atoms with van der Waals surface area (Å²) in [6.45, 7) is 10.1. The van der Waals surface area contributed by atoms with Crippen LogP contribution in [0.3, 0.4) is 0 Å². The van der Waals surface area contributed by atoms with E-state index in [2.05, 4.69) is 53.8 Å². The van der Waals surface area contributed by atoms with Crippen molar-refractivity contribution in [1.82, 2.24) is 9.97 Å². The van der Waals surface area contributed by atoms with Crippen LogP contribution >= 0.6 is 0 Å². The molecule has 0 bridgehead atoms. The Bertz CT molecular complexity index is 864. The van der Waals surface area contributed by atoms with Crippen LogP contribution in [0.1, 0.15) is 30.9 Å².